The minimum atomic E-state index is -0.375. The summed E-state index contributed by atoms with van der Waals surface area (Å²) in [5, 5.41) is 2.68. The lowest BCUT2D eigenvalue weighted by molar-refractivity contribution is -0.120. The van der Waals surface area contributed by atoms with Crippen molar-refractivity contribution < 1.29 is 19.1 Å². The van der Waals surface area contributed by atoms with Crippen molar-refractivity contribution in [1.82, 2.24) is 5.32 Å². The van der Waals surface area contributed by atoms with Gasteiger partial charge in [-0.15, -0.1) is 11.8 Å². The first-order valence-corrected chi connectivity index (χ1v) is 8.67. The third-order valence-corrected chi connectivity index (χ3v) is 4.70. The summed E-state index contributed by atoms with van der Waals surface area (Å²) in [6, 6.07) is 14.6. The molecule has 2 aromatic rings. The van der Waals surface area contributed by atoms with Gasteiger partial charge >= 0.3 is 5.97 Å². The van der Waals surface area contributed by atoms with Crippen molar-refractivity contribution in [3.63, 3.8) is 0 Å². The van der Waals surface area contributed by atoms with Gasteiger partial charge in [0.1, 0.15) is 5.75 Å². The van der Waals surface area contributed by atoms with Crippen molar-refractivity contribution in [2.45, 2.75) is 23.6 Å². The van der Waals surface area contributed by atoms with Gasteiger partial charge in [0.05, 0.1) is 25.0 Å². The molecule has 5 nitrogen and oxygen atoms in total. The van der Waals surface area contributed by atoms with E-state index in [0.717, 1.165) is 16.2 Å². The normalized spacial score (nSPS) is 11.5. The highest BCUT2D eigenvalue weighted by atomic mass is 32.2. The minimum Gasteiger partial charge on any atom is -0.497 e. The van der Waals surface area contributed by atoms with Crippen LogP contribution in [-0.2, 0) is 16.1 Å². The maximum Gasteiger partial charge on any atom is 0.337 e. The standard InChI is InChI=1S/C19H21NO4S/c1-13(25-17-10-8-16(23-2)9-11-17)18(21)20-12-14-4-6-15(7-5-14)19(22)24-3/h4-11,13H,12H2,1-3H3,(H,20,21). The highest BCUT2D eigenvalue weighted by Crippen LogP contribution is 2.25. The molecule has 2 aromatic carbocycles. The molecule has 6 heteroatoms. The van der Waals surface area contributed by atoms with E-state index in [4.69, 9.17) is 4.74 Å². The van der Waals surface area contributed by atoms with Gasteiger partial charge in [-0.25, -0.2) is 4.79 Å². The van der Waals surface area contributed by atoms with E-state index in [1.54, 1.807) is 31.4 Å². The van der Waals surface area contributed by atoms with Crippen LogP contribution in [0.25, 0.3) is 0 Å². The number of carbonyl (C=O) groups excluding carboxylic acids is 2. The van der Waals surface area contributed by atoms with Crippen molar-refractivity contribution >= 4 is 23.6 Å². The molecule has 1 N–H and O–H groups in total. The lowest BCUT2D eigenvalue weighted by Crippen LogP contribution is -2.30. The zero-order valence-electron chi connectivity index (χ0n) is 14.4. The van der Waals surface area contributed by atoms with Gasteiger partial charge in [0.2, 0.25) is 5.91 Å². The molecule has 0 saturated heterocycles. The molecule has 1 amide bonds. The maximum atomic E-state index is 12.2. The third-order valence-electron chi connectivity index (χ3n) is 3.58. The van der Waals surface area contributed by atoms with Gasteiger partial charge in [-0.3, -0.25) is 4.79 Å². The van der Waals surface area contributed by atoms with E-state index in [1.165, 1.54) is 18.9 Å². The predicted octanol–water partition coefficient (Wildman–Crippen LogP) is 3.28. The Kier molecular flexibility index (Phi) is 6.89. The number of amides is 1. The summed E-state index contributed by atoms with van der Waals surface area (Å²) in [5.74, 6) is 0.370. The molecule has 0 radical (unpaired) electrons. The highest BCUT2D eigenvalue weighted by molar-refractivity contribution is 8.00. The topological polar surface area (TPSA) is 64.6 Å². The van der Waals surface area contributed by atoms with Crippen molar-refractivity contribution in [1.29, 1.82) is 0 Å². The van der Waals surface area contributed by atoms with Gasteiger partial charge < -0.3 is 14.8 Å². The van der Waals surface area contributed by atoms with Crippen LogP contribution in [0.15, 0.2) is 53.4 Å². The summed E-state index contributed by atoms with van der Waals surface area (Å²) >= 11 is 1.49. The van der Waals surface area contributed by atoms with Crippen LogP contribution in [0.2, 0.25) is 0 Å². The van der Waals surface area contributed by atoms with E-state index in [-0.39, 0.29) is 17.1 Å². The van der Waals surface area contributed by atoms with Crippen LogP contribution < -0.4 is 10.1 Å². The first-order valence-electron chi connectivity index (χ1n) is 7.79. The molecule has 0 aliphatic heterocycles. The lowest BCUT2D eigenvalue weighted by atomic mass is 10.1. The van der Waals surface area contributed by atoms with E-state index in [2.05, 4.69) is 10.1 Å². The van der Waals surface area contributed by atoms with Crippen LogP contribution in [0, 0.1) is 0 Å². The molecular formula is C19H21NO4S. The van der Waals surface area contributed by atoms with E-state index < -0.39 is 0 Å². The second kappa shape index (κ2) is 9.13. The first-order chi connectivity index (χ1) is 12.0. The first kappa shape index (κ1) is 18.9. The van der Waals surface area contributed by atoms with E-state index in [1.807, 2.05) is 31.2 Å². The fraction of sp³-hybridized carbons (Fsp3) is 0.263. The van der Waals surface area contributed by atoms with Gasteiger partial charge in [0.25, 0.3) is 0 Å². The fourth-order valence-corrected chi connectivity index (χ4v) is 3.01. The van der Waals surface area contributed by atoms with E-state index in [9.17, 15) is 9.59 Å². The molecule has 0 saturated carbocycles. The van der Waals surface area contributed by atoms with Crippen LogP contribution >= 0.6 is 11.8 Å². The highest BCUT2D eigenvalue weighted by Gasteiger charge is 2.14. The molecule has 0 aliphatic carbocycles. The molecule has 2 rings (SSSR count). The molecule has 0 aromatic heterocycles. The fourth-order valence-electron chi connectivity index (χ4n) is 2.12. The van der Waals surface area contributed by atoms with Crippen molar-refractivity contribution in [3.05, 3.63) is 59.7 Å². The number of rotatable bonds is 7. The van der Waals surface area contributed by atoms with Crippen LogP contribution in [0.3, 0.4) is 0 Å². The van der Waals surface area contributed by atoms with E-state index >= 15 is 0 Å². The Bertz CT molecular complexity index is 713. The summed E-state index contributed by atoms with van der Waals surface area (Å²) in [6.45, 7) is 2.28. The Morgan fingerprint density at radius 2 is 1.68 bits per heavy atom. The van der Waals surface area contributed by atoms with Gasteiger partial charge in [-0.1, -0.05) is 12.1 Å². The lowest BCUT2D eigenvalue weighted by Gasteiger charge is -2.12. The Hall–Kier alpha value is -2.47. The summed E-state index contributed by atoms with van der Waals surface area (Å²) in [4.78, 5) is 24.6. The number of carbonyl (C=O) groups is 2. The molecular weight excluding hydrogens is 338 g/mol. The SMILES string of the molecule is COC(=O)c1ccc(CNC(=O)C(C)Sc2ccc(OC)cc2)cc1. The van der Waals surface area contributed by atoms with Gasteiger partial charge in [0.15, 0.2) is 0 Å². The summed E-state index contributed by atoms with van der Waals surface area (Å²) in [7, 11) is 2.97. The second-order valence-corrected chi connectivity index (χ2v) is 6.76. The summed E-state index contributed by atoms with van der Waals surface area (Å²) in [6.07, 6.45) is 0. The zero-order valence-corrected chi connectivity index (χ0v) is 15.3. The average Bonchev–Trinajstić information content (AvgIpc) is 2.66. The average molecular weight is 359 g/mol. The Balaban J connectivity index is 1.85. The Labute approximate surface area is 151 Å². The number of methoxy groups -OCH3 is 2. The van der Waals surface area contributed by atoms with Crippen LogP contribution in [0.4, 0.5) is 0 Å². The van der Waals surface area contributed by atoms with Gasteiger partial charge in [-0.05, 0) is 48.9 Å². The maximum absolute atomic E-state index is 12.2. The van der Waals surface area contributed by atoms with Crippen LogP contribution in [-0.4, -0.2) is 31.3 Å². The number of esters is 1. The second-order valence-electron chi connectivity index (χ2n) is 5.34. The molecule has 0 fully saturated rings. The molecule has 25 heavy (non-hydrogen) atoms. The molecule has 132 valence electrons. The number of benzene rings is 2. The molecule has 1 unspecified atom stereocenters. The van der Waals surface area contributed by atoms with Crippen molar-refractivity contribution in [3.8, 4) is 5.75 Å². The number of hydrogen-bond donors (Lipinski definition) is 1. The molecule has 0 aliphatic rings. The number of ether oxygens (including phenoxy) is 2. The molecule has 1 atom stereocenters. The molecule has 0 spiro atoms. The number of hydrogen-bond acceptors (Lipinski definition) is 5. The van der Waals surface area contributed by atoms with E-state index in [0.29, 0.717) is 12.1 Å². The molecule has 0 bridgehead atoms. The summed E-state index contributed by atoms with van der Waals surface area (Å²) < 4.78 is 9.78. The quantitative estimate of drug-likeness (QED) is 0.607. The van der Waals surface area contributed by atoms with Crippen LogP contribution in [0.1, 0.15) is 22.8 Å². The number of nitrogens with one attached hydrogen (secondary N) is 1. The predicted molar refractivity (Wildman–Crippen MR) is 97.9 cm³/mol. The Morgan fingerprint density at radius 3 is 2.24 bits per heavy atom. The van der Waals surface area contributed by atoms with Crippen molar-refractivity contribution in [2.75, 3.05) is 14.2 Å². The zero-order chi connectivity index (χ0) is 18.2. The van der Waals surface area contributed by atoms with Gasteiger partial charge in [-0.2, -0.15) is 0 Å². The summed E-state index contributed by atoms with van der Waals surface area (Å²) in [5.41, 5.74) is 1.41. The third kappa shape index (κ3) is 5.53. The number of thioether (sulfide) groups is 1. The monoisotopic (exact) mass is 359 g/mol. The Morgan fingerprint density at radius 1 is 1.04 bits per heavy atom. The minimum absolute atomic E-state index is 0.0436. The molecule has 0 heterocycles. The smallest absolute Gasteiger partial charge is 0.337 e. The van der Waals surface area contributed by atoms with Crippen molar-refractivity contribution in [2.24, 2.45) is 0 Å². The van der Waals surface area contributed by atoms with Crippen LogP contribution in [0.5, 0.6) is 5.75 Å². The van der Waals surface area contributed by atoms with Gasteiger partial charge in [0, 0.05) is 11.4 Å². The largest absolute Gasteiger partial charge is 0.497 e.